The molecule has 1 heterocycles. The van der Waals surface area contributed by atoms with Crippen molar-refractivity contribution in [1.29, 1.82) is 0 Å². The van der Waals surface area contributed by atoms with Crippen molar-refractivity contribution < 1.29 is 9.84 Å². The molecule has 1 fully saturated rings. The zero-order valence-electron chi connectivity index (χ0n) is 10.4. The van der Waals surface area contributed by atoms with Gasteiger partial charge in [0.2, 0.25) is 0 Å². The van der Waals surface area contributed by atoms with Crippen LogP contribution in [0.15, 0.2) is 30.3 Å². The molecular formula is C14H21NO2. The standard InChI is InChI=1S/C14H21NO2/c1-12-7-8-15(14(12)11-16)9-10-17-13-5-3-2-4-6-13/h2-6,12,14,16H,7-11H2,1H3. The second-order valence-corrected chi connectivity index (χ2v) is 4.71. The Labute approximate surface area is 103 Å². The van der Waals surface area contributed by atoms with E-state index in [1.54, 1.807) is 0 Å². The van der Waals surface area contributed by atoms with Crippen LogP contribution in [0.4, 0.5) is 0 Å². The molecule has 0 aromatic heterocycles. The van der Waals surface area contributed by atoms with Crippen molar-refractivity contribution in [2.45, 2.75) is 19.4 Å². The van der Waals surface area contributed by atoms with Crippen LogP contribution in [0.5, 0.6) is 5.75 Å². The smallest absolute Gasteiger partial charge is 0.119 e. The van der Waals surface area contributed by atoms with Gasteiger partial charge in [0, 0.05) is 12.6 Å². The van der Waals surface area contributed by atoms with Crippen LogP contribution in [0.1, 0.15) is 13.3 Å². The molecule has 0 radical (unpaired) electrons. The average molecular weight is 235 g/mol. The van der Waals surface area contributed by atoms with Gasteiger partial charge in [-0.2, -0.15) is 0 Å². The highest BCUT2D eigenvalue weighted by molar-refractivity contribution is 5.20. The van der Waals surface area contributed by atoms with E-state index < -0.39 is 0 Å². The number of benzene rings is 1. The van der Waals surface area contributed by atoms with E-state index >= 15 is 0 Å². The number of hydrogen-bond acceptors (Lipinski definition) is 3. The third-order valence-corrected chi connectivity index (χ3v) is 3.58. The number of nitrogens with zero attached hydrogens (tertiary/aromatic N) is 1. The van der Waals surface area contributed by atoms with Crippen LogP contribution in [0.3, 0.4) is 0 Å². The fraction of sp³-hybridized carbons (Fsp3) is 0.571. The molecule has 3 nitrogen and oxygen atoms in total. The summed E-state index contributed by atoms with van der Waals surface area (Å²) in [7, 11) is 0. The summed E-state index contributed by atoms with van der Waals surface area (Å²) in [6.07, 6.45) is 1.18. The molecule has 1 N–H and O–H groups in total. The summed E-state index contributed by atoms with van der Waals surface area (Å²) in [4.78, 5) is 2.33. The van der Waals surface area contributed by atoms with Crippen LogP contribution in [0, 0.1) is 5.92 Å². The summed E-state index contributed by atoms with van der Waals surface area (Å²) in [6, 6.07) is 10.2. The summed E-state index contributed by atoms with van der Waals surface area (Å²) < 4.78 is 5.67. The maximum atomic E-state index is 9.34. The Morgan fingerprint density at radius 3 is 2.82 bits per heavy atom. The molecule has 1 aliphatic rings. The molecule has 2 unspecified atom stereocenters. The maximum Gasteiger partial charge on any atom is 0.119 e. The highest BCUT2D eigenvalue weighted by Crippen LogP contribution is 2.22. The molecule has 0 spiro atoms. The molecule has 1 aromatic carbocycles. The van der Waals surface area contributed by atoms with Gasteiger partial charge >= 0.3 is 0 Å². The molecule has 0 bridgehead atoms. The Morgan fingerprint density at radius 1 is 1.35 bits per heavy atom. The summed E-state index contributed by atoms with van der Waals surface area (Å²) >= 11 is 0. The molecule has 0 aliphatic carbocycles. The quantitative estimate of drug-likeness (QED) is 0.844. The lowest BCUT2D eigenvalue weighted by Gasteiger charge is -2.24. The van der Waals surface area contributed by atoms with Gasteiger partial charge < -0.3 is 9.84 Å². The van der Waals surface area contributed by atoms with E-state index in [0.29, 0.717) is 18.6 Å². The van der Waals surface area contributed by atoms with E-state index in [1.807, 2.05) is 30.3 Å². The van der Waals surface area contributed by atoms with Gasteiger partial charge in [-0.15, -0.1) is 0 Å². The SMILES string of the molecule is CC1CCN(CCOc2ccccc2)C1CO. The highest BCUT2D eigenvalue weighted by Gasteiger charge is 2.29. The van der Waals surface area contributed by atoms with Gasteiger partial charge in [0.1, 0.15) is 12.4 Å². The zero-order valence-corrected chi connectivity index (χ0v) is 10.4. The topological polar surface area (TPSA) is 32.7 Å². The first-order valence-corrected chi connectivity index (χ1v) is 6.34. The fourth-order valence-corrected chi connectivity index (χ4v) is 2.46. The van der Waals surface area contributed by atoms with Crippen LogP contribution in [-0.4, -0.2) is 42.4 Å². The minimum absolute atomic E-state index is 0.256. The normalized spacial score (nSPS) is 25.1. The lowest BCUT2D eigenvalue weighted by molar-refractivity contribution is 0.123. The van der Waals surface area contributed by atoms with Crippen LogP contribution in [0.25, 0.3) is 0 Å². The number of hydrogen-bond donors (Lipinski definition) is 1. The molecule has 1 aromatic rings. The molecule has 1 saturated heterocycles. The van der Waals surface area contributed by atoms with Crippen molar-refractivity contribution in [1.82, 2.24) is 4.90 Å². The van der Waals surface area contributed by atoms with Gasteiger partial charge in [-0.3, -0.25) is 4.90 Å². The van der Waals surface area contributed by atoms with Crippen molar-refractivity contribution in [2.24, 2.45) is 5.92 Å². The molecule has 1 aliphatic heterocycles. The number of ether oxygens (including phenoxy) is 1. The van der Waals surface area contributed by atoms with Crippen molar-refractivity contribution in [3.63, 3.8) is 0 Å². The molecule has 17 heavy (non-hydrogen) atoms. The van der Waals surface area contributed by atoms with Crippen LogP contribution < -0.4 is 4.74 Å². The first kappa shape index (κ1) is 12.4. The van der Waals surface area contributed by atoms with Crippen molar-refractivity contribution >= 4 is 0 Å². The third kappa shape index (κ3) is 3.20. The summed E-state index contributed by atoms with van der Waals surface area (Å²) in [6.45, 7) is 5.12. The van der Waals surface area contributed by atoms with Gasteiger partial charge in [-0.25, -0.2) is 0 Å². The molecule has 0 amide bonds. The van der Waals surface area contributed by atoms with E-state index in [4.69, 9.17) is 4.74 Å². The first-order valence-electron chi connectivity index (χ1n) is 6.34. The fourth-order valence-electron chi connectivity index (χ4n) is 2.46. The number of para-hydroxylation sites is 1. The monoisotopic (exact) mass is 235 g/mol. The van der Waals surface area contributed by atoms with E-state index in [1.165, 1.54) is 6.42 Å². The zero-order chi connectivity index (χ0) is 12.1. The molecule has 3 heteroatoms. The third-order valence-electron chi connectivity index (χ3n) is 3.58. The number of aliphatic hydroxyl groups is 1. The van der Waals surface area contributed by atoms with E-state index in [9.17, 15) is 5.11 Å². The predicted octanol–water partition coefficient (Wildman–Crippen LogP) is 1.77. The molecule has 2 atom stereocenters. The average Bonchev–Trinajstić information content (AvgIpc) is 2.71. The summed E-state index contributed by atoms with van der Waals surface area (Å²) in [5.41, 5.74) is 0. The Morgan fingerprint density at radius 2 is 2.12 bits per heavy atom. The Balaban J connectivity index is 1.75. The minimum atomic E-state index is 0.256. The minimum Gasteiger partial charge on any atom is -0.492 e. The van der Waals surface area contributed by atoms with Crippen molar-refractivity contribution in [3.05, 3.63) is 30.3 Å². The first-order chi connectivity index (χ1) is 8.31. The Bertz CT molecular complexity index is 328. The summed E-state index contributed by atoms with van der Waals surface area (Å²) in [5, 5.41) is 9.34. The predicted molar refractivity (Wildman–Crippen MR) is 68.2 cm³/mol. The lowest BCUT2D eigenvalue weighted by Crippen LogP contribution is -2.37. The van der Waals surface area contributed by atoms with E-state index in [2.05, 4.69) is 11.8 Å². The number of likely N-dealkylation sites (tertiary alicyclic amines) is 1. The van der Waals surface area contributed by atoms with Gasteiger partial charge in [-0.05, 0) is 31.0 Å². The van der Waals surface area contributed by atoms with Gasteiger partial charge in [-0.1, -0.05) is 25.1 Å². The highest BCUT2D eigenvalue weighted by atomic mass is 16.5. The van der Waals surface area contributed by atoms with Crippen molar-refractivity contribution in [3.8, 4) is 5.75 Å². The molecule has 2 rings (SSSR count). The number of rotatable bonds is 5. The van der Waals surface area contributed by atoms with Crippen LogP contribution >= 0.6 is 0 Å². The summed E-state index contributed by atoms with van der Waals surface area (Å²) in [5.74, 6) is 1.51. The number of aliphatic hydroxyl groups excluding tert-OH is 1. The molecule has 0 saturated carbocycles. The lowest BCUT2D eigenvalue weighted by atomic mass is 10.0. The van der Waals surface area contributed by atoms with Gasteiger partial charge in [0.15, 0.2) is 0 Å². The van der Waals surface area contributed by atoms with Gasteiger partial charge in [0.05, 0.1) is 6.61 Å². The Hall–Kier alpha value is -1.06. The Kier molecular flexibility index (Phi) is 4.40. The van der Waals surface area contributed by atoms with E-state index in [0.717, 1.165) is 18.8 Å². The second-order valence-electron chi connectivity index (χ2n) is 4.71. The van der Waals surface area contributed by atoms with Gasteiger partial charge in [0.25, 0.3) is 0 Å². The maximum absolute atomic E-state index is 9.34. The van der Waals surface area contributed by atoms with E-state index in [-0.39, 0.29) is 6.61 Å². The molecule has 94 valence electrons. The van der Waals surface area contributed by atoms with Crippen LogP contribution in [0.2, 0.25) is 0 Å². The second kappa shape index (κ2) is 6.03. The van der Waals surface area contributed by atoms with Crippen LogP contribution in [-0.2, 0) is 0 Å². The largest absolute Gasteiger partial charge is 0.492 e. The molecular weight excluding hydrogens is 214 g/mol. The van der Waals surface area contributed by atoms with Crippen molar-refractivity contribution in [2.75, 3.05) is 26.3 Å².